The van der Waals surface area contributed by atoms with E-state index in [1.165, 1.54) is 0 Å². The second-order valence-corrected chi connectivity index (χ2v) is 5.19. The maximum atomic E-state index is 5.65. The lowest BCUT2D eigenvalue weighted by molar-refractivity contribution is 0.790. The largest absolute Gasteiger partial charge is 0.304 e. The lowest BCUT2D eigenvalue weighted by Crippen LogP contribution is -1.99. The van der Waals surface area contributed by atoms with Crippen LogP contribution in [0.4, 0.5) is 0 Å². The topological polar surface area (TPSA) is 56.5 Å². The molecule has 2 aromatic heterocycles. The molecule has 7 heteroatoms. The highest BCUT2D eigenvalue weighted by Crippen LogP contribution is 2.22. The molecule has 0 radical (unpaired) electrons. The Kier molecular flexibility index (Phi) is 4.54. The summed E-state index contributed by atoms with van der Waals surface area (Å²) in [7, 11) is 1.94. The summed E-state index contributed by atoms with van der Waals surface area (Å²) < 4.78 is 1.94. The standard InChI is InChI=1S/C11H14ClN5S/c1-8-9(14-6-5-13-8)10-15-16-11(17(10)2)18-7-3-4-12/h5-6H,3-4,7H2,1-2H3. The van der Waals surface area contributed by atoms with E-state index in [-0.39, 0.29) is 0 Å². The monoisotopic (exact) mass is 283 g/mol. The molecule has 5 nitrogen and oxygen atoms in total. The zero-order chi connectivity index (χ0) is 13.0. The summed E-state index contributed by atoms with van der Waals surface area (Å²) in [5.41, 5.74) is 1.63. The van der Waals surface area contributed by atoms with Gasteiger partial charge in [0.15, 0.2) is 11.0 Å². The molecule has 0 atom stereocenters. The van der Waals surface area contributed by atoms with Crippen LogP contribution in [0.1, 0.15) is 12.1 Å². The molecule has 2 heterocycles. The SMILES string of the molecule is Cc1nccnc1-c1nnc(SCCCCl)n1C. The fraction of sp³-hybridized carbons (Fsp3) is 0.455. The van der Waals surface area contributed by atoms with Crippen LogP contribution in [0.2, 0.25) is 0 Å². The molecule has 2 aromatic rings. The van der Waals surface area contributed by atoms with Gasteiger partial charge in [-0.3, -0.25) is 4.98 Å². The molecule has 0 unspecified atom stereocenters. The van der Waals surface area contributed by atoms with Crippen molar-refractivity contribution in [3.05, 3.63) is 18.1 Å². The van der Waals surface area contributed by atoms with Crippen LogP contribution in [0.3, 0.4) is 0 Å². The van der Waals surface area contributed by atoms with Crippen molar-refractivity contribution in [2.24, 2.45) is 7.05 Å². The Morgan fingerprint density at radius 1 is 1.28 bits per heavy atom. The van der Waals surface area contributed by atoms with Crippen LogP contribution in [-0.2, 0) is 7.05 Å². The number of aryl methyl sites for hydroxylation is 1. The first-order chi connectivity index (χ1) is 8.74. The second kappa shape index (κ2) is 6.15. The van der Waals surface area contributed by atoms with Crippen LogP contribution in [0.15, 0.2) is 17.6 Å². The van der Waals surface area contributed by atoms with Crippen molar-refractivity contribution in [1.29, 1.82) is 0 Å². The second-order valence-electron chi connectivity index (χ2n) is 3.75. The quantitative estimate of drug-likeness (QED) is 0.479. The zero-order valence-electron chi connectivity index (χ0n) is 10.3. The van der Waals surface area contributed by atoms with Gasteiger partial charge in [0.05, 0.1) is 5.69 Å². The number of hydrogen-bond acceptors (Lipinski definition) is 5. The predicted molar refractivity (Wildman–Crippen MR) is 72.8 cm³/mol. The Morgan fingerprint density at radius 2 is 2.06 bits per heavy atom. The van der Waals surface area contributed by atoms with Gasteiger partial charge in [0.25, 0.3) is 0 Å². The van der Waals surface area contributed by atoms with Crippen molar-refractivity contribution < 1.29 is 0 Å². The summed E-state index contributed by atoms with van der Waals surface area (Å²) in [5, 5.41) is 9.23. The summed E-state index contributed by atoms with van der Waals surface area (Å²) in [6, 6.07) is 0. The van der Waals surface area contributed by atoms with Gasteiger partial charge in [0.2, 0.25) is 0 Å². The van der Waals surface area contributed by atoms with E-state index in [9.17, 15) is 0 Å². The Labute approximate surface area is 115 Å². The Balaban J connectivity index is 2.23. The third-order valence-electron chi connectivity index (χ3n) is 2.44. The fourth-order valence-corrected chi connectivity index (χ4v) is 2.63. The van der Waals surface area contributed by atoms with E-state index in [1.54, 1.807) is 24.2 Å². The van der Waals surface area contributed by atoms with Crippen molar-refractivity contribution in [3.63, 3.8) is 0 Å². The molecule has 0 bridgehead atoms. The van der Waals surface area contributed by atoms with Crippen LogP contribution in [0, 0.1) is 6.92 Å². The molecular weight excluding hydrogens is 270 g/mol. The Bertz CT molecular complexity index is 528. The minimum Gasteiger partial charge on any atom is -0.304 e. The molecule has 96 valence electrons. The van der Waals surface area contributed by atoms with Gasteiger partial charge in [-0.15, -0.1) is 21.8 Å². The van der Waals surface area contributed by atoms with Crippen LogP contribution in [0.25, 0.3) is 11.5 Å². The van der Waals surface area contributed by atoms with E-state index in [0.29, 0.717) is 5.88 Å². The van der Waals surface area contributed by atoms with Gasteiger partial charge in [0.1, 0.15) is 5.69 Å². The Morgan fingerprint density at radius 3 is 2.78 bits per heavy atom. The number of halogens is 1. The van der Waals surface area contributed by atoms with Crippen molar-refractivity contribution in [3.8, 4) is 11.5 Å². The van der Waals surface area contributed by atoms with Crippen molar-refractivity contribution in [2.75, 3.05) is 11.6 Å². The highest BCUT2D eigenvalue weighted by molar-refractivity contribution is 7.99. The third-order valence-corrected chi connectivity index (χ3v) is 3.81. The molecule has 0 N–H and O–H groups in total. The maximum absolute atomic E-state index is 5.65. The van der Waals surface area contributed by atoms with E-state index in [1.807, 2.05) is 18.5 Å². The minimum atomic E-state index is 0.668. The molecule has 0 spiro atoms. The first-order valence-electron chi connectivity index (χ1n) is 5.60. The van der Waals surface area contributed by atoms with Crippen LogP contribution < -0.4 is 0 Å². The molecule has 0 saturated heterocycles. The molecule has 0 amide bonds. The number of hydrogen-bond donors (Lipinski definition) is 0. The lowest BCUT2D eigenvalue weighted by Gasteiger charge is -2.04. The summed E-state index contributed by atoms with van der Waals surface area (Å²) in [6.07, 6.45) is 4.29. The molecule has 0 aromatic carbocycles. The van der Waals surface area contributed by atoms with Gasteiger partial charge in [-0.05, 0) is 13.3 Å². The number of rotatable bonds is 5. The molecule has 2 rings (SSSR count). The summed E-state index contributed by atoms with van der Waals surface area (Å²) in [5.74, 6) is 2.35. The lowest BCUT2D eigenvalue weighted by atomic mass is 10.3. The highest BCUT2D eigenvalue weighted by Gasteiger charge is 2.14. The molecule has 0 saturated carbocycles. The van der Waals surface area contributed by atoms with E-state index in [0.717, 1.165) is 34.5 Å². The van der Waals surface area contributed by atoms with Crippen molar-refractivity contribution in [2.45, 2.75) is 18.5 Å². The average molecular weight is 284 g/mol. The number of nitrogens with zero attached hydrogens (tertiary/aromatic N) is 5. The zero-order valence-corrected chi connectivity index (χ0v) is 11.9. The normalized spacial score (nSPS) is 10.8. The van der Waals surface area contributed by atoms with Crippen LogP contribution >= 0.6 is 23.4 Å². The molecule has 0 fully saturated rings. The van der Waals surface area contributed by atoms with Crippen molar-refractivity contribution >= 4 is 23.4 Å². The van der Waals surface area contributed by atoms with Gasteiger partial charge in [-0.2, -0.15) is 0 Å². The maximum Gasteiger partial charge on any atom is 0.191 e. The number of aromatic nitrogens is 5. The van der Waals surface area contributed by atoms with Crippen LogP contribution in [0.5, 0.6) is 0 Å². The minimum absolute atomic E-state index is 0.668. The van der Waals surface area contributed by atoms with Crippen molar-refractivity contribution in [1.82, 2.24) is 24.7 Å². The summed E-state index contributed by atoms with van der Waals surface area (Å²) in [6.45, 7) is 1.91. The first kappa shape index (κ1) is 13.3. The Hall–Kier alpha value is -1.14. The van der Waals surface area contributed by atoms with E-state index < -0.39 is 0 Å². The predicted octanol–water partition coefficient (Wildman–Crippen LogP) is 2.30. The van der Waals surface area contributed by atoms with E-state index in [2.05, 4.69) is 20.2 Å². The van der Waals surface area contributed by atoms with E-state index >= 15 is 0 Å². The van der Waals surface area contributed by atoms with Gasteiger partial charge in [-0.1, -0.05) is 11.8 Å². The highest BCUT2D eigenvalue weighted by atomic mass is 35.5. The van der Waals surface area contributed by atoms with Gasteiger partial charge in [0, 0.05) is 31.1 Å². The number of alkyl halides is 1. The fourth-order valence-electron chi connectivity index (χ4n) is 1.49. The molecule has 0 aliphatic carbocycles. The first-order valence-corrected chi connectivity index (χ1v) is 7.12. The van der Waals surface area contributed by atoms with Gasteiger partial charge in [-0.25, -0.2) is 4.98 Å². The molecular formula is C11H14ClN5S. The smallest absolute Gasteiger partial charge is 0.191 e. The summed E-state index contributed by atoms with van der Waals surface area (Å²) >= 11 is 7.30. The van der Waals surface area contributed by atoms with Crippen LogP contribution in [-0.4, -0.2) is 36.4 Å². The third kappa shape index (κ3) is 2.81. The van der Waals surface area contributed by atoms with E-state index in [4.69, 9.17) is 11.6 Å². The average Bonchev–Trinajstić information content (AvgIpc) is 2.72. The molecule has 18 heavy (non-hydrogen) atoms. The molecule has 0 aliphatic heterocycles. The number of thioether (sulfide) groups is 1. The van der Waals surface area contributed by atoms with Gasteiger partial charge < -0.3 is 4.57 Å². The molecule has 0 aliphatic rings. The summed E-state index contributed by atoms with van der Waals surface area (Å²) in [4.78, 5) is 8.52. The van der Waals surface area contributed by atoms with Gasteiger partial charge >= 0.3 is 0 Å².